The summed E-state index contributed by atoms with van der Waals surface area (Å²) >= 11 is 6.70. The predicted octanol–water partition coefficient (Wildman–Crippen LogP) is 5.97. The Labute approximate surface area is 270 Å². The summed E-state index contributed by atoms with van der Waals surface area (Å²) in [6.45, 7) is 11.5. The number of alkyl halides is 3. The van der Waals surface area contributed by atoms with E-state index >= 15 is 0 Å². The number of rotatable bonds is 6. The minimum absolute atomic E-state index is 0.0892. The molecule has 3 fully saturated rings. The Balaban J connectivity index is 1.35. The number of nitrogens with zero attached hydrogens (tertiary/aromatic N) is 6. The van der Waals surface area contributed by atoms with E-state index in [9.17, 15) is 18.0 Å². The van der Waals surface area contributed by atoms with Gasteiger partial charge in [0.2, 0.25) is 0 Å². The zero-order valence-corrected chi connectivity index (χ0v) is 27.1. The number of carbonyl (C=O) groups is 1. The van der Waals surface area contributed by atoms with Crippen LogP contribution in [0.3, 0.4) is 0 Å². The first-order valence-corrected chi connectivity index (χ1v) is 15.9. The van der Waals surface area contributed by atoms with Gasteiger partial charge in [0.05, 0.1) is 41.1 Å². The van der Waals surface area contributed by atoms with E-state index in [2.05, 4.69) is 14.9 Å². The van der Waals surface area contributed by atoms with Gasteiger partial charge in [-0.25, -0.2) is 4.79 Å². The molecule has 1 atom stereocenters. The molecule has 3 aromatic rings. The largest absolute Gasteiger partial charge is 0.462 e. The van der Waals surface area contributed by atoms with Crippen molar-refractivity contribution in [1.29, 1.82) is 0 Å². The van der Waals surface area contributed by atoms with Crippen molar-refractivity contribution in [3.63, 3.8) is 0 Å². The molecular weight excluding hydrogens is 625 g/mol. The van der Waals surface area contributed by atoms with Crippen molar-refractivity contribution in [1.82, 2.24) is 24.8 Å². The number of aromatic nitrogens is 3. The number of fused-ring (bicyclic) bond motifs is 1. The highest BCUT2D eigenvalue weighted by Crippen LogP contribution is 2.41. The highest BCUT2D eigenvalue weighted by atomic mass is 35.5. The van der Waals surface area contributed by atoms with Crippen LogP contribution in [0.1, 0.15) is 44.9 Å². The van der Waals surface area contributed by atoms with Crippen LogP contribution >= 0.6 is 11.6 Å². The molecule has 0 N–H and O–H groups in total. The highest BCUT2D eigenvalue weighted by molar-refractivity contribution is 6.34. The average Bonchev–Trinajstić information content (AvgIpc) is 3.40. The van der Waals surface area contributed by atoms with Crippen molar-refractivity contribution >= 4 is 34.4 Å². The molecule has 2 aromatic heterocycles. The monoisotopic (exact) mass is 662 g/mol. The fraction of sp³-hybridized carbons (Fsp3) is 0.562. The minimum Gasteiger partial charge on any atom is -0.462 e. The van der Waals surface area contributed by atoms with Crippen molar-refractivity contribution in [2.45, 2.75) is 64.4 Å². The van der Waals surface area contributed by atoms with Crippen LogP contribution in [0.25, 0.3) is 22.2 Å². The van der Waals surface area contributed by atoms with Crippen LogP contribution < -0.4 is 9.64 Å². The van der Waals surface area contributed by atoms with Gasteiger partial charge >= 0.3 is 18.3 Å². The molecule has 3 saturated heterocycles. The Morgan fingerprint density at radius 2 is 1.78 bits per heavy atom. The van der Waals surface area contributed by atoms with E-state index in [0.29, 0.717) is 74.5 Å². The van der Waals surface area contributed by atoms with Crippen LogP contribution in [0.5, 0.6) is 6.01 Å². The zero-order valence-electron chi connectivity index (χ0n) is 26.4. The summed E-state index contributed by atoms with van der Waals surface area (Å²) in [5.41, 5.74) is -0.853. The highest BCUT2D eigenvalue weighted by Gasteiger charge is 2.37. The molecule has 10 nitrogen and oxygen atoms in total. The first-order valence-electron chi connectivity index (χ1n) is 15.5. The molecule has 3 aliphatic heterocycles. The number of benzene rings is 1. The molecule has 0 aliphatic carbocycles. The number of anilines is 1. The lowest BCUT2D eigenvalue weighted by atomic mass is 10.0. The normalized spacial score (nSPS) is 19.9. The fourth-order valence-corrected chi connectivity index (χ4v) is 6.37. The lowest BCUT2D eigenvalue weighted by Gasteiger charge is -2.38. The van der Waals surface area contributed by atoms with Crippen LogP contribution in [-0.2, 0) is 15.7 Å². The van der Waals surface area contributed by atoms with Crippen LogP contribution in [0, 0.1) is 6.92 Å². The molecule has 0 saturated carbocycles. The van der Waals surface area contributed by atoms with Crippen LogP contribution in [-0.4, -0.2) is 101 Å². The lowest BCUT2D eigenvalue weighted by molar-refractivity contribution is -0.137. The summed E-state index contributed by atoms with van der Waals surface area (Å²) in [6, 6.07) is 6.13. The van der Waals surface area contributed by atoms with Crippen molar-refractivity contribution in [3.05, 3.63) is 40.5 Å². The van der Waals surface area contributed by atoms with E-state index in [1.54, 1.807) is 17.9 Å². The topological polar surface area (TPSA) is 93.2 Å². The smallest absolute Gasteiger partial charge is 0.418 e. The summed E-state index contributed by atoms with van der Waals surface area (Å²) in [6.07, 6.45) is -2.99. The number of pyridine rings is 1. The maximum Gasteiger partial charge on any atom is 0.418 e. The third kappa shape index (κ3) is 6.96. The van der Waals surface area contributed by atoms with E-state index < -0.39 is 17.3 Å². The van der Waals surface area contributed by atoms with E-state index in [-0.39, 0.29) is 34.4 Å². The minimum atomic E-state index is -4.63. The van der Waals surface area contributed by atoms with Crippen LogP contribution in [0.4, 0.5) is 23.8 Å². The molecule has 248 valence electrons. The molecule has 0 bridgehead atoms. The van der Waals surface area contributed by atoms with Gasteiger partial charge in [-0.1, -0.05) is 11.6 Å². The summed E-state index contributed by atoms with van der Waals surface area (Å²) in [5, 5.41) is 0.647. The SMILES string of the molecule is Cc1ccc(C(F)(F)F)c(-c2cc3nc(OC[C@@H]4CCCN4C4COC4)nc(N4CCN(C(=O)OC(C)(C)C)CC4)c3cc2Cl)n1. The molecule has 0 spiro atoms. The Morgan fingerprint density at radius 1 is 1.04 bits per heavy atom. The van der Waals surface area contributed by atoms with Gasteiger partial charge in [-0.2, -0.15) is 23.1 Å². The first-order chi connectivity index (χ1) is 21.8. The molecule has 3 aliphatic rings. The van der Waals surface area contributed by atoms with E-state index in [4.69, 9.17) is 30.8 Å². The predicted molar refractivity (Wildman–Crippen MR) is 167 cm³/mol. The quantitative estimate of drug-likeness (QED) is 0.317. The fourth-order valence-electron chi connectivity index (χ4n) is 6.12. The molecule has 1 aromatic carbocycles. The van der Waals surface area contributed by atoms with E-state index in [1.807, 2.05) is 25.7 Å². The number of hydrogen-bond acceptors (Lipinski definition) is 9. The number of likely N-dealkylation sites (tertiary alicyclic amines) is 1. The lowest BCUT2D eigenvalue weighted by Crippen LogP contribution is -2.52. The van der Waals surface area contributed by atoms with Crippen molar-refractivity contribution < 1.29 is 32.2 Å². The number of amides is 1. The van der Waals surface area contributed by atoms with Gasteiger partial charge in [0.1, 0.15) is 18.0 Å². The second-order valence-electron chi connectivity index (χ2n) is 13.0. The van der Waals surface area contributed by atoms with Crippen molar-refractivity contribution in [2.75, 3.05) is 57.4 Å². The standard InChI is InChI=1S/C32H38ClF3N6O4/c1-19-7-8-24(32(34,35)36)27(37-19)22-15-26-23(14-25(22)33)28(40-10-12-41(13-11-40)30(43)46-31(2,3)4)39-29(38-26)45-18-20-6-5-9-42(20)21-16-44-17-21/h7-8,14-15,20-21H,5-6,9-13,16-18H2,1-4H3/t20-/m0/s1. The van der Waals surface area contributed by atoms with Gasteiger partial charge in [0.15, 0.2) is 0 Å². The van der Waals surface area contributed by atoms with Crippen molar-refractivity contribution in [2.24, 2.45) is 0 Å². The average molecular weight is 663 g/mol. The maximum atomic E-state index is 14.0. The molecule has 0 unspecified atom stereocenters. The van der Waals surface area contributed by atoms with Gasteiger partial charge in [-0.15, -0.1) is 0 Å². The zero-order chi connectivity index (χ0) is 32.8. The van der Waals surface area contributed by atoms with Gasteiger partial charge < -0.3 is 24.0 Å². The third-order valence-corrected chi connectivity index (χ3v) is 8.80. The summed E-state index contributed by atoms with van der Waals surface area (Å²) in [7, 11) is 0. The Hall–Kier alpha value is -3.42. The Bertz CT molecular complexity index is 1610. The molecule has 1 amide bonds. The van der Waals surface area contributed by atoms with E-state index in [0.717, 1.165) is 25.5 Å². The molecule has 14 heteroatoms. The van der Waals surface area contributed by atoms with Gasteiger partial charge in [-0.05, 0) is 71.3 Å². The molecule has 6 rings (SSSR count). The molecular formula is C32H38ClF3N6O4. The van der Waals surface area contributed by atoms with Crippen LogP contribution in [0.15, 0.2) is 24.3 Å². The number of ether oxygens (including phenoxy) is 3. The van der Waals surface area contributed by atoms with E-state index in [1.165, 1.54) is 12.1 Å². The van der Waals surface area contributed by atoms with Gasteiger partial charge in [0.25, 0.3) is 0 Å². The molecule has 5 heterocycles. The number of piperazine rings is 1. The molecule has 46 heavy (non-hydrogen) atoms. The first kappa shape index (κ1) is 32.5. The number of aryl methyl sites for hydroxylation is 1. The summed E-state index contributed by atoms with van der Waals surface area (Å²) in [5.74, 6) is 0.529. The Morgan fingerprint density at radius 3 is 2.43 bits per heavy atom. The Kier molecular flexibility index (Phi) is 8.94. The second kappa shape index (κ2) is 12.6. The van der Waals surface area contributed by atoms with Crippen molar-refractivity contribution in [3.8, 4) is 17.3 Å². The number of halogens is 4. The second-order valence-corrected chi connectivity index (χ2v) is 13.4. The van der Waals surface area contributed by atoms with Gasteiger partial charge in [-0.3, -0.25) is 9.88 Å². The maximum absolute atomic E-state index is 14.0. The number of hydrogen-bond donors (Lipinski definition) is 0. The molecule has 0 radical (unpaired) electrons. The number of carbonyl (C=O) groups excluding carboxylic acids is 1. The van der Waals surface area contributed by atoms with Crippen LogP contribution in [0.2, 0.25) is 5.02 Å². The third-order valence-electron chi connectivity index (χ3n) is 8.49. The summed E-state index contributed by atoms with van der Waals surface area (Å²) < 4.78 is 59.3. The van der Waals surface area contributed by atoms with Gasteiger partial charge in [0, 0.05) is 48.9 Å². The summed E-state index contributed by atoms with van der Waals surface area (Å²) in [4.78, 5) is 32.5.